The zero-order chi connectivity index (χ0) is 14.6. The molecule has 1 heterocycles. The molecule has 2 atom stereocenters. The maximum absolute atomic E-state index is 6.02. The maximum atomic E-state index is 6.02. The quantitative estimate of drug-likeness (QED) is 0.884. The molecule has 1 saturated heterocycles. The summed E-state index contributed by atoms with van der Waals surface area (Å²) in [6, 6.07) is 7.92. The second-order valence-electron chi connectivity index (χ2n) is 6.33. The third-order valence-electron chi connectivity index (χ3n) is 3.32. The average molecular weight is 342 g/mol. The van der Waals surface area contributed by atoms with Crippen molar-refractivity contribution < 1.29 is 9.47 Å². The van der Waals surface area contributed by atoms with Crippen LogP contribution in [0.3, 0.4) is 0 Å². The van der Waals surface area contributed by atoms with Crippen molar-refractivity contribution in [1.29, 1.82) is 0 Å². The van der Waals surface area contributed by atoms with Gasteiger partial charge in [0, 0.05) is 12.1 Å². The fourth-order valence-corrected chi connectivity index (χ4v) is 2.62. The Morgan fingerprint density at radius 3 is 2.65 bits per heavy atom. The summed E-state index contributed by atoms with van der Waals surface area (Å²) in [5.74, 6) is 0.882. The van der Waals surface area contributed by atoms with Gasteiger partial charge in [0.2, 0.25) is 0 Å². The maximum Gasteiger partial charge on any atom is 0.133 e. The average Bonchev–Trinajstić information content (AvgIpc) is 2.83. The minimum absolute atomic E-state index is 0.146. The van der Waals surface area contributed by atoms with Gasteiger partial charge in [-0.05, 0) is 61.7 Å². The molecule has 0 bridgehead atoms. The van der Waals surface area contributed by atoms with Crippen molar-refractivity contribution in [3.63, 3.8) is 0 Å². The Kier molecular flexibility index (Phi) is 5.47. The highest BCUT2D eigenvalue weighted by molar-refractivity contribution is 9.10. The molecule has 2 rings (SSSR count). The van der Waals surface area contributed by atoms with Crippen LogP contribution in [0.25, 0.3) is 0 Å². The minimum atomic E-state index is 0.146. The van der Waals surface area contributed by atoms with Crippen molar-refractivity contribution >= 4 is 15.9 Å². The monoisotopic (exact) mass is 341 g/mol. The Bertz CT molecular complexity index is 431. The summed E-state index contributed by atoms with van der Waals surface area (Å²) in [6.07, 6.45) is 2.68. The molecule has 4 heteroatoms. The lowest BCUT2D eigenvalue weighted by Gasteiger charge is -2.23. The highest BCUT2D eigenvalue weighted by Crippen LogP contribution is 2.26. The number of benzene rings is 1. The number of para-hydroxylation sites is 1. The minimum Gasteiger partial charge on any atom is -0.490 e. The van der Waals surface area contributed by atoms with Crippen molar-refractivity contribution in [2.24, 2.45) is 0 Å². The van der Waals surface area contributed by atoms with E-state index in [1.54, 1.807) is 0 Å². The molecule has 1 aliphatic rings. The molecule has 1 aliphatic heterocycles. The Labute approximate surface area is 130 Å². The van der Waals surface area contributed by atoms with E-state index in [1.807, 2.05) is 24.3 Å². The summed E-state index contributed by atoms with van der Waals surface area (Å²) in [7, 11) is 0. The van der Waals surface area contributed by atoms with Crippen LogP contribution in [0.15, 0.2) is 28.7 Å². The SMILES string of the molecule is CC(C)(C)NCC1CCC(COc2ccccc2Br)O1. The molecule has 2 unspecified atom stereocenters. The highest BCUT2D eigenvalue weighted by Gasteiger charge is 2.26. The molecule has 1 aromatic rings. The van der Waals surface area contributed by atoms with E-state index >= 15 is 0 Å². The predicted molar refractivity (Wildman–Crippen MR) is 85.3 cm³/mol. The number of ether oxygens (including phenoxy) is 2. The third-order valence-corrected chi connectivity index (χ3v) is 3.97. The molecule has 0 aromatic heterocycles. The first-order valence-corrected chi connectivity index (χ1v) is 8.01. The second kappa shape index (κ2) is 6.92. The first-order valence-electron chi connectivity index (χ1n) is 7.22. The largest absolute Gasteiger partial charge is 0.490 e. The van der Waals surface area contributed by atoms with Crippen LogP contribution in [0.5, 0.6) is 5.75 Å². The lowest BCUT2D eigenvalue weighted by atomic mass is 10.1. The van der Waals surface area contributed by atoms with Gasteiger partial charge in [-0.15, -0.1) is 0 Å². The standard InChI is InChI=1S/C16H24BrNO2/c1-16(2,3)18-10-12-8-9-13(20-12)11-19-15-7-5-4-6-14(15)17/h4-7,12-13,18H,8-11H2,1-3H3. The molecule has 20 heavy (non-hydrogen) atoms. The number of halogens is 1. The van der Waals surface area contributed by atoms with Crippen LogP contribution in [-0.4, -0.2) is 30.9 Å². The van der Waals surface area contributed by atoms with E-state index in [-0.39, 0.29) is 11.6 Å². The Balaban J connectivity index is 1.73. The molecule has 1 fully saturated rings. The molecule has 112 valence electrons. The van der Waals surface area contributed by atoms with Crippen LogP contribution >= 0.6 is 15.9 Å². The van der Waals surface area contributed by atoms with E-state index in [9.17, 15) is 0 Å². The highest BCUT2D eigenvalue weighted by atomic mass is 79.9. The van der Waals surface area contributed by atoms with Gasteiger partial charge < -0.3 is 14.8 Å². The van der Waals surface area contributed by atoms with Crippen LogP contribution in [0.1, 0.15) is 33.6 Å². The molecule has 3 nitrogen and oxygen atoms in total. The second-order valence-corrected chi connectivity index (χ2v) is 7.18. The van der Waals surface area contributed by atoms with Crippen LogP contribution in [0, 0.1) is 0 Å². The van der Waals surface area contributed by atoms with Gasteiger partial charge in [0.15, 0.2) is 0 Å². The molecule has 0 aliphatic carbocycles. The van der Waals surface area contributed by atoms with Gasteiger partial charge in [0.05, 0.1) is 16.7 Å². The van der Waals surface area contributed by atoms with Crippen molar-refractivity contribution in [3.8, 4) is 5.75 Å². The lowest BCUT2D eigenvalue weighted by Crippen LogP contribution is -2.41. The normalized spacial score (nSPS) is 23.0. The summed E-state index contributed by atoms with van der Waals surface area (Å²) in [5, 5.41) is 3.49. The number of hydrogen-bond acceptors (Lipinski definition) is 3. The van der Waals surface area contributed by atoms with Crippen LogP contribution in [-0.2, 0) is 4.74 Å². The van der Waals surface area contributed by atoms with Crippen LogP contribution in [0.4, 0.5) is 0 Å². The first kappa shape index (κ1) is 15.8. The van der Waals surface area contributed by atoms with Gasteiger partial charge in [-0.2, -0.15) is 0 Å². The van der Waals surface area contributed by atoms with Gasteiger partial charge in [-0.1, -0.05) is 12.1 Å². The van der Waals surface area contributed by atoms with Crippen molar-refractivity contribution in [3.05, 3.63) is 28.7 Å². The van der Waals surface area contributed by atoms with Gasteiger partial charge in [0.1, 0.15) is 12.4 Å². The first-order chi connectivity index (χ1) is 9.44. The molecule has 0 spiro atoms. The van der Waals surface area contributed by atoms with Crippen molar-refractivity contribution in [1.82, 2.24) is 5.32 Å². The molecule has 0 amide bonds. The van der Waals surface area contributed by atoms with E-state index in [0.29, 0.717) is 12.7 Å². The predicted octanol–water partition coefficient (Wildman–Crippen LogP) is 3.76. The van der Waals surface area contributed by atoms with Gasteiger partial charge in [-0.25, -0.2) is 0 Å². The molecular weight excluding hydrogens is 318 g/mol. The smallest absolute Gasteiger partial charge is 0.133 e. The summed E-state index contributed by atoms with van der Waals surface area (Å²) >= 11 is 3.49. The topological polar surface area (TPSA) is 30.5 Å². The van der Waals surface area contributed by atoms with E-state index in [0.717, 1.165) is 29.6 Å². The van der Waals surface area contributed by atoms with Gasteiger partial charge >= 0.3 is 0 Å². The summed E-state index contributed by atoms with van der Waals surface area (Å²) in [5.41, 5.74) is 0.146. The van der Waals surface area contributed by atoms with Gasteiger partial charge in [0.25, 0.3) is 0 Å². The zero-order valence-electron chi connectivity index (χ0n) is 12.5. The van der Waals surface area contributed by atoms with Crippen LogP contribution < -0.4 is 10.1 Å². The van der Waals surface area contributed by atoms with E-state index in [4.69, 9.17) is 9.47 Å². The Morgan fingerprint density at radius 2 is 1.95 bits per heavy atom. The fourth-order valence-electron chi connectivity index (χ4n) is 2.22. The van der Waals surface area contributed by atoms with Gasteiger partial charge in [-0.3, -0.25) is 0 Å². The van der Waals surface area contributed by atoms with Crippen molar-refractivity contribution in [2.45, 2.75) is 51.4 Å². The molecule has 1 aromatic carbocycles. The Morgan fingerprint density at radius 1 is 1.25 bits per heavy atom. The summed E-state index contributed by atoms with van der Waals surface area (Å²) in [6.45, 7) is 8.06. The summed E-state index contributed by atoms with van der Waals surface area (Å²) in [4.78, 5) is 0. The number of hydrogen-bond donors (Lipinski definition) is 1. The Hall–Kier alpha value is -0.580. The van der Waals surface area contributed by atoms with Crippen molar-refractivity contribution in [2.75, 3.05) is 13.2 Å². The number of rotatable bonds is 5. The fraction of sp³-hybridized carbons (Fsp3) is 0.625. The van der Waals surface area contributed by atoms with Crippen LogP contribution in [0.2, 0.25) is 0 Å². The molecular formula is C16H24BrNO2. The molecule has 0 saturated carbocycles. The van der Waals surface area contributed by atoms with E-state index in [1.165, 1.54) is 0 Å². The number of nitrogens with one attached hydrogen (secondary N) is 1. The van der Waals surface area contributed by atoms with E-state index < -0.39 is 0 Å². The van der Waals surface area contributed by atoms with E-state index in [2.05, 4.69) is 42.0 Å². The molecule has 1 N–H and O–H groups in total. The summed E-state index contributed by atoms with van der Waals surface area (Å²) < 4.78 is 12.8. The third kappa shape index (κ3) is 5.08. The lowest BCUT2D eigenvalue weighted by molar-refractivity contribution is 0.0160. The zero-order valence-corrected chi connectivity index (χ0v) is 14.1. The molecule has 0 radical (unpaired) electrons.